The highest BCUT2D eigenvalue weighted by Gasteiger charge is 2.22. The molecule has 0 bridgehead atoms. The molecule has 114 valence electrons. The van der Waals surface area contributed by atoms with E-state index in [1.807, 2.05) is 0 Å². The molecule has 0 amide bonds. The van der Waals surface area contributed by atoms with Crippen molar-refractivity contribution in [1.29, 1.82) is 0 Å². The van der Waals surface area contributed by atoms with Gasteiger partial charge in [0.15, 0.2) is 0 Å². The van der Waals surface area contributed by atoms with Gasteiger partial charge in [-0.1, -0.05) is 56.4 Å². The molecule has 2 aromatic rings. The maximum Gasteiger partial charge on any atom is 0.0832 e. The number of aromatic nitrogens is 2. The van der Waals surface area contributed by atoms with Gasteiger partial charge in [-0.3, -0.25) is 0 Å². The SMILES string of the molecule is CCCNC(c1cccc(CC)c1)c1snnc1C(C)C. The lowest BCUT2D eigenvalue weighted by atomic mass is 9.98. The summed E-state index contributed by atoms with van der Waals surface area (Å²) in [7, 11) is 0. The lowest BCUT2D eigenvalue weighted by Crippen LogP contribution is -2.23. The molecule has 0 saturated carbocycles. The molecule has 0 fully saturated rings. The third-order valence-electron chi connectivity index (χ3n) is 3.64. The predicted molar refractivity (Wildman–Crippen MR) is 90.0 cm³/mol. The fourth-order valence-electron chi connectivity index (χ4n) is 2.45. The minimum absolute atomic E-state index is 0.203. The molecule has 1 aromatic heterocycles. The summed E-state index contributed by atoms with van der Waals surface area (Å²) in [6, 6.07) is 9.05. The van der Waals surface area contributed by atoms with Crippen molar-refractivity contribution in [3.05, 3.63) is 46.0 Å². The largest absolute Gasteiger partial charge is 0.305 e. The summed E-state index contributed by atoms with van der Waals surface area (Å²) in [5, 5.41) is 8.01. The van der Waals surface area contributed by atoms with Crippen LogP contribution in [0.15, 0.2) is 24.3 Å². The Hall–Kier alpha value is -1.26. The Morgan fingerprint density at radius 1 is 1.24 bits per heavy atom. The molecule has 1 heterocycles. The van der Waals surface area contributed by atoms with Gasteiger partial charge < -0.3 is 5.32 Å². The number of aryl methyl sites for hydroxylation is 1. The number of rotatable bonds is 7. The maximum atomic E-state index is 4.34. The first-order valence-corrected chi connectivity index (χ1v) is 8.59. The van der Waals surface area contributed by atoms with Crippen LogP contribution in [0.25, 0.3) is 0 Å². The van der Waals surface area contributed by atoms with E-state index in [2.05, 4.69) is 66.9 Å². The van der Waals surface area contributed by atoms with Crippen molar-refractivity contribution in [1.82, 2.24) is 14.9 Å². The van der Waals surface area contributed by atoms with Crippen molar-refractivity contribution in [2.75, 3.05) is 6.54 Å². The van der Waals surface area contributed by atoms with Crippen LogP contribution in [0.3, 0.4) is 0 Å². The van der Waals surface area contributed by atoms with Crippen LogP contribution in [0.1, 0.15) is 67.8 Å². The van der Waals surface area contributed by atoms with Crippen molar-refractivity contribution in [3.63, 3.8) is 0 Å². The number of nitrogens with one attached hydrogen (secondary N) is 1. The van der Waals surface area contributed by atoms with Crippen LogP contribution in [-0.4, -0.2) is 16.1 Å². The highest BCUT2D eigenvalue weighted by molar-refractivity contribution is 7.05. The maximum absolute atomic E-state index is 4.34. The minimum atomic E-state index is 0.203. The second-order valence-electron chi connectivity index (χ2n) is 5.66. The summed E-state index contributed by atoms with van der Waals surface area (Å²) >= 11 is 1.52. The normalized spacial score (nSPS) is 12.8. The molecular formula is C17H25N3S. The lowest BCUT2D eigenvalue weighted by Gasteiger charge is -2.20. The van der Waals surface area contributed by atoms with Crippen molar-refractivity contribution in [3.8, 4) is 0 Å². The minimum Gasteiger partial charge on any atom is -0.305 e. The predicted octanol–water partition coefficient (Wildman–Crippen LogP) is 4.31. The Labute approximate surface area is 132 Å². The van der Waals surface area contributed by atoms with Gasteiger partial charge in [-0.15, -0.1) is 5.10 Å². The van der Waals surface area contributed by atoms with Crippen LogP contribution in [0.5, 0.6) is 0 Å². The molecule has 21 heavy (non-hydrogen) atoms. The Bertz CT molecular complexity index is 563. The first kappa shape index (κ1) is 16.1. The average molecular weight is 303 g/mol. The second-order valence-corrected chi connectivity index (χ2v) is 6.45. The van der Waals surface area contributed by atoms with Gasteiger partial charge >= 0.3 is 0 Å². The lowest BCUT2D eigenvalue weighted by molar-refractivity contribution is 0.596. The summed E-state index contributed by atoms with van der Waals surface area (Å²) in [5.74, 6) is 0.402. The second kappa shape index (κ2) is 7.66. The van der Waals surface area contributed by atoms with Crippen LogP contribution in [0.2, 0.25) is 0 Å². The zero-order valence-electron chi connectivity index (χ0n) is 13.4. The molecular weight excluding hydrogens is 278 g/mol. The molecule has 0 aliphatic carbocycles. The highest BCUT2D eigenvalue weighted by atomic mass is 32.1. The van der Waals surface area contributed by atoms with Gasteiger partial charge in [0.05, 0.1) is 16.6 Å². The van der Waals surface area contributed by atoms with Gasteiger partial charge in [0.2, 0.25) is 0 Å². The Morgan fingerprint density at radius 2 is 2.05 bits per heavy atom. The van der Waals surface area contributed by atoms with Gasteiger partial charge in [0.1, 0.15) is 0 Å². The number of hydrogen-bond donors (Lipinski definition) is 1. The smallest absolute Gasteiger partial charge is 0.0832 e. The molecule has 0 aliphatic heterocycles. The third-order valence-corrected chi connectivity index (χ3v) is 4.45. The molecule has 1 unspecified atom stereocenters. The molecule has 3 nitrogen and oxygen atoms in total. The van der Waals surface area contributed by atoms with E-state index in [4.69, 9.17) is 0 Å². The van der Waals surface area contributed by atoms with E-state index in [9.17, 15) is 0 Å². The van der Waals surface area contributed by atoms with Crippen LogP contribution in [0.4, 0.5) is 0 Å². The van der Waals surface area contributed by atoms with E-state index in [1.165, 1.54) is 27.5 Å². The molecule has 2 rings (SSSR count). The third kappa shape index (κ3) is 3.89. The van der Waals surface area contributed by atoms with E-state index in [1.54, 1.807) is 0 Å². The van der Waals surface area contributed by atoms with Crippen LogP contribution >= 0.6 is 11.5 Å². The van der Waals surface area contributed by atoms with Crippen molar-refractivity contribution in [2.45, 2.75) is 52.5 Å². The first-order chi connectivity index (χ1) is 10.2. The number of benzene rings is 1. The summed E-state index contributed by atoms with van der Waals surface area (Å²) in [6.45, 7) is 9.75. The zero-order valence-corrected chi connectivity index (χ0v) is 14.2. The molecule has 0 saturated heterocycles. The Morgan fingerprint density at radius 3 is 2.71 bits per heavy atom. The summed E-state index contributed by atoms with van der Waals surface area (Å²) in [5.41, 5.74) is 3.81. The van der Waals surface area contributed by atoms with Crippen molar-refractivity contribution >= 4 is 11.5 Å². The van der Waals surface area contributed by atoms with E-state index in [-0.39, 0.29) is 6.04 Å². The van der Waals surface area contributed by atoms with Crippen LogP contribution in [-0.2, 0) is 6.42 Å². The fraction of sp³-hybridized carbons (Fsp3) is 0.529. The van der Waals surface area contributed by atoms with Crippen LogP contribution in [0, 0.1) is 0 Å². The Balaban J connectivity index is 2.39. The zero-order chi connectivity index (χ0) is 15.2. The number of hydrogen-bond acceptors (Lipinski definition) is 4. The first-order valence-electron chi connectivity index (χ1n) is 7.81. The topological polar surface area (TPSA) is 37.8 Å². The molecule has 1 N–H and O–H groups in total. The fourth-order valence-corrected chi connectivity index (χ4v) is 3.36. The average Bonchev–Trinajstić information content (AvgIpc) is 2.97. The van der Waals surface area contributed by atoms with Crippen molar-refractivity contribution < 1.29 is 0 Å². The van der Waals surface area contributed by atoms with Gasteiger partial charge in [0, 0.05) is 0 Å². The monoisotopic (exact) mass is 303 g/mol. The standard InChI is InChI=1S/C17H25N3S/c1-5-10-18-16(14-9-7-8-13(6-2)11-14)17-15(12(3)4)19-20-21-17/h7-9,11-12,16,18H,5-6,10H2,1-4H3. The summed E-state index contributed by atoms with van der Waals surface area (Å²) in [6.07, 6.45) is 2.18. The molecule has 1 atom stereocenters. The van der Waals surface area contributed by atoms with Gasteiger partial charge in [-0.25, -0.2) is 0 Å². The quantitative estimate of drug-likeness (QED) is 0.828. The van der Waals surface area contributed by atoms with E-state index >= 15 is 0 Å². The van der Waals surface area contributed by atoms with Gasteiger partial charge in [0.25, 0.3) is 0 Å². The summed E-state index contributed by atoms with van der Waals surface area (Å²) in [4.78, 5) is 1.26. The highest BCUT2D eigenvalue weighted by Crippen LogP contribution is 2.31. The van der Waals surface area contributed by atoms with Crippen LogP contribution < -0.4 is 5.32 Å². The van der Waals surface area contributed by atoms with E-state index in [0.29, 0.717) is 5.92 Å². The summed E-state index contributed by atoms with van der Waals surface area (Å²) < 4.78 is 4.19. The molecule has 0 radical (unpaired) electrons. The van der Waals surface area contributed by atoms with E-state index < -0.39 is 0 Å². The number of nitrogens with zero attached hydrogens (tertiary/aromatic N) is 2. The molecule has 1 aromatic carbocycles. The van der Waals surface area contributed by atoms with Gasteiger partial charge in [-0.05, 0) is 48.0 Å². The molecule has 0 spiro atoms. The Kier molecular flexibility index (Phi) is 5.88. The van der Waals surface area contributed by atoms with E-state index in [0.717, 1.165) is 25.1 Å². The molecule has 4 heteroatoms. The molecule has 0 aliphatic rings. The van der Waals surface area contributed by atoms with Crippen molar-refractivity contribution in [2.24, 2.45) is 0 Å². The van der Waals surface area contributed by atoms with Gasteiger partial charge in [-0.2, -0.15) is 0 Å².